The molecule has 8 nitrogen and oxygen atoms in total. The molecule has 3 aromatic rings. The Morgan fingerprint density at radius 1 is 1.10 bits per heavy atom. The SMILES string of the molecule is C=CC(O)N1[C@@H]2CC[C@H]1CC(Oc1cc3c(Nc4ccc(Cl)c(Cl)c4F)ncnc3cc1O[C@@H]1CCOC1)C2. The third-order valence-corrected chi connectivity index (χ3v) is 8.51. The number of ether oxygens (including phenoxy) is 3. The first-order valence-corrected chi connectivity index (χ1v) is 13.8. The van der Waals surface area contributed by atoms with Crippen LogP contribution in [0, 0.1) is 5.82 Å². The van der Waals surface area contributed by atoms with Gasteiger partial charge >= 0.3 is 0 Å². The predicted molar refractivity (Wildman–Crippen MR) is 148 cm³/mol. The number of rotatable bonds is 8. The summed E-state index contributed by atoms with van der Waals surface area (Å²) in [6, 6.07) is 7.12. The van der Waals surface area contributed by atoms with Gasteiger partial charge in [-0.2, -0.15) is 0 Å². The van der Waals surface area contributed by atoms with Gasteiger partial charge in [-0.25, -0.2) is 14.4 Å². The lowest BCUT2D eigenvalue weighted by Crippen LogP contribution is -2.50. The Morgan fingerprint density at radius 3 is 2.56 bits per heavy atom. The largest absolute Gasteiger partial charge is 0.486 e. The van der Waals surface area contributed by atoms with E-state index in [1.165, 1.54) is 18.5 Å². The molecule has 206 valence electrons. The highest BCUT2D eigenvalue weighted by atomic mass is 35.5. The maximum Gasteiger partial charge on any atom is 0.166 e. The number of anilines is 2. The van der Waals surface area contributed by atoms with E-state index < -0.39 is 12.0 Å². The van der Waals surface area contributed by atoms with Gasteiger partial charge in [0.15, 0.2) is 17.3 Å². The van der Waals surface area contributed by atoms with Gasteiger partial charge in [0.2, 0.25) is 0 Å². The van der Waals surface area contributed by atoms with Gasteiger partial charge in [0.05, 0.1) is 34.5 Å². The average molecular weight is 575 g/mol. The van der Waals surface area contributed by atoms with Gasteiger partial charge in [0.25, 0.3) is 0 Å². The van der Waals surface area contributed by atoms with Crippen LogP contribution in [0.1, 0.15) is 32.1 Å². The number of piperidine rings is 1. The summed E-state index contributed by atoms with van der Waals surface area (Å²) < 4.78 is 33.3. The number of nitrogens with one attached hydrogen (secondary N) is 1. The number of hydrogen-bond acceptors (Lipinski definition) is 8. The molecule has 11 heteroatoms. The summed E-state index contributed by atoms with van der Waals surface area (Å²) in [4.78, 5) is 10.9. The number of aliphatic hydroxyl groups is 1. The van der Waals surface area contributed by atoms with Crippen molar-refractivity contribution in [1.82, 2.24) is 14.9 Å². The maximum absolute atomic E-state index is 14.8. The number of aromatic nitrogens is 2. The van der Waals surface area contributed by atoms with Crippen LogP contribution in [-0.4, -0.2) is 63.7 Å². The van der Waals surface area contributed by atoms with Gasteiger partial charge in [-0.05, 0) is 50.0 Å². The van der Waals surface area contributed by atoms with Crippen molar-refractivity contribution in [2.45, 2.75) is 62.6 Å². The van der Waals surface area contributed by atoms with E-state index in [4.69, 9.17) is 37.4 Å². The maximum atomic E-state index is 14.8. The molecule has 3 aliphatic rings. The van der Waals surface area contributed by atoms with Crippen LogP contribution in [0.15, 0.2) is 43.2 Å². The first kappa shape index (κ1) is 26.5. The Labute approximate surface area is 235 Å². The molecular formula is C28H29Cl2FN4O4. The van der Waals surface area contributed by atoms with Crippen LogP contribution in [0.25, 0.3) is 10.9 Å². The summed E-state index contributed by atoms with van der Waals surface area (Å²) >= 11 is 12.0. The molecule has 2 N–H and O–H groups in total. The Morgan fingerprint density at radius 2 is 1.85 bits per heavy atom. The highest BCUT2D eigenvalue weighted by Gasteiger charge is 2.44. The van der Waals surface area contributed by atoms with E-state index in [0.717, 1.165) is 32.1 Å². The number of hydrogen-bond donors (Lipinski definition) is 2. The quantitative estimate of drug-likeness (QED) is 0.255. The molecule has 3 fully saturated rings. The highest BCUT2D eigenvalue weighted by molar-refractivity contribution is 6.42. The molecular weight excluding hydrogens is 546 g/mol. The lowest BCUT2D eigenvalue weighted by molar-refractivity contribution is -0.0433. The fraction of sp³-hybridized carbons (Fsp3) is 0.429. The predicted octanol–water partition coefficient (Wildman–Crippen LogP) is 5.87. The first-order chi connectivity index (χ1) is 18.9. The highest BCUT2D eigenvalue weighted by Crippen LogP contribution is 2.42. The van der Waals surface area contributed by atoms with Gasteiger partial charge in [-0.15, -0.1) is 0 Å². The third kappa shape index (κ3) is 5.26. The zero-order valence-electron chi connectivity index (χ0n) is 21.2. The summed E-state index contributed by atoms with van der Waals surface area (Å²) in [5, 5.41) is 14.1. The Hall–Kier alpha value is -2.69. The third-order valence-electron chi connectivity index (χ3n) is 7.73. The van der Waals surface area contributed by atoms with Crippen molar-refractivity contribution in [3.63, 3.8) is 0 Å². The summed E-state index contributed by atoms with van der Waals surface area (Å²) in [5.74, 6) is 0.854. The van der Waals surface area contributed by atoms with E-state index in [0.29, 0.717) is 41.4 Å². The van der Waals surface area contributed by atoms with Gasteiger partial charge in [-0.3, -0.25) is 4.90 Å². The lowest BCUT2D eigenvalue weighted by Gasteiger charge is -2.40. The normalized spacial score (nSPS) is 25.5. The van der Waals surface area contributed by atoms with Gasteiger partial charge in [-0.1, -0.05) is 29.8 Å². The number of fused-ring (bicyclic) bond motifs is 3. The molecule has 0 amide bonds. The van der Waals surface area contributed by atoms with E-state index >= 15 is 0 Å². The summed E-state index contributed by atoms with van der Waals surface area (Å²) in [7, 11) is 0. The second kappa shape index (κ2) is 11.1. The molecule has 2 aromatic carbocycles. The van der Waals surface area contributed by atoms with Crippen molar-refractivity contribution in [3.8, 4) is 11.5 Å². The molecule has 3 aliphatic heterocycles. The second-order valence-corrected chi connectivity index (χ2v) is 11.0. The van der Waals surface area contributed by atoms with Gasteiger partial charge in [0, 0.05) is 30.0 Å². The lowest BCUT2D eigenvalue weighted by atomic mass is 9.99. The molecule has 5 atom stereocenters. The molecule has 6 rings (SSSR count). The number of benzene rings is 2. The van der Waals surface area contributed by atoms with E-state index in [1.54, 1.807) is 6.08 Å². The van der Waals surface area contributed by atoms with E-state index in [-0.39, 0.29) is 40.0 Å². The Balaban J connectivity index is 1.33. The molecule has 39 heavy (non-hydrogen) atoms. The Kier molecular flexibility index (Phi) is 7.52. The minimum atomic E-state index is -0.669. The number of nitrogens with zero attached hydrogens (tertiary/aromatic N) is 3. The van der Waals surface area contributed by atoms with Crippen molar-refractivity contribution >= 4 is 45.6 Å². The van der Waals surface area contributed by atoms with Crippen LogP contribution in [0.4, 0.5) is 15.9 Å². The van der Waals surface area contributed by atoms with E-state index in [2.05, 4.69) is 26.8 Å². The van der Waals surface area contributed by atoms with Crippen LogP contribution in [0.3, 0.4) is 0 Å². The first-order valence-electron chi connectivity index (χ1n) is 13.1. The molecule has 2 bridgehead atoms. The van der Waals surface area contributed by atoms with Gasteiger partial charge in [0.1, 0.15) is 30.6 Å². The molecule has 1 aromatic heterocycles. The molecule has 4 heterocycles. The fourth-order valence-electron chi connectivity index (χ4n) is 5.88. The van der Waals surface area contributed by atoms with Gasteiger partial charge < -0.3 is 24.6 Å². The standard InChI is InChI=1S/C28H29Cl2FN4O4/c1-2-25(36)35-15-3-4-16(35)10-18(9-15)39-23-11-19-22(12-24(23)38-17-7-8-37-13-17)32-14-33-28(19)34-21-6-5-20(29)26(30)27(21)31/h2,5-6,11-12,14-18,25,36H,1,3-4,7-10,13H2,(H,32,33,34)/t15-,16+,17-,18?,25?/m1/s1. The molecule has 0 radical (unpaired) electrons. The van der Waals surface area contributed by atoms with Crippen LogP contribution >= 0.6 is 23.2 Å². The smallest absolute Gasteiger partial charge is 0.166 e. The number of halogens is 3. The van der Waals surface area contributed by atoms with Crippen LogP contribution < -0.4 is 14.8 Å². The van der Waals surface area contributed by atoms with Crippen molar-refractivity contribution < 1.29 is 23.7 Å². The van der Waals surface area contributed by atoms with Crippen molar-refractivity contribution in [1.29, 1.82) is 0 Å². The van der Waals surface area contributed by atoms with E-state index in [9.17, 15) is 9.50 Å². The average Bonchev–Trinajstić information content (AvgIpc) is 3.54. The Bertz CT molecular complexity index is 1380. The van der Waals surface area contributed by atoms with Crippen LogP contribution in [0.5, 0.6) is 11.5 Å². The topological polar surface area (TPSA) is 89.0 Å². The molecule has 0 saturated carbocycles. The van der Waals surface area contributed by atoms with E-state index in [1.807, 2.05) is 12.1 Å². The van der Waals surface area contributed by atoms with Crippen LogP contribution in [-0.2, 0) is 4.74 Å². The molecule has 2 unspecified atom stereocenters. The van der Waals surface area contributed by atoms with Crippen molar-refractivity contribution in [2.24, 2.45) is 0 Å². The summed E-state index contributed by atoms with van der Waals surface area (Å²) in [6.07, 6.45) is 6.52. The summed E-state index contributed by atoms with van der Waals surface area (Å²) in [6.45, 7) is 4.91. The fourth-order valence-corrected chi connectivity index (χ4v) is 6.19. The summed E-state index contributed by atoms with van der Waals surface area (Å²) in [5.41, 5.74) is 0.748. The second-order valence-electron chi connectivity index (χ2n) is 10.2. The molecule has 0 aliphatic carbocycles. The minimum absolute atomic E-state index is 0.0658. The number of aliphatic hydroxyl groups excluding tert-OH is 1. The monoisotopic (exact) mass is 574 g/mol. The zero-order chi connectivity index (χ0) is 27.1. The van der Waals surface area contributed by atoms with Crippen molar-refractivity contribution in [3.05, 3.63) is 59.1 Å². The zero-order valence-corrected chi connectivity index (χ0v) is 22.7. The molecule has 0 spiro atoms. The minimum Gasteiger partial charge on any atom is -0.486 e. The van der Waals surface area contributed by atoms with Crippen molar-refractivity contribution in [2.75, 3.05) is 18.5 Å². The van der Waals surface area contributed by atoms with Crippen LogP contribution in [0.2, 0.25) is 10.0 Å². The molecule has 3 saturated heterocycles.